The second kappa shape index (κ2) is 6.67. The number of nitrogens with zero attached hydrogens (tertiary/aromatic N) is 2. The van der Waals surface area contributed by atoms with Crippen molar-refractivity contribution in [1.82, 2.24) is 9.80 Å². The van der Waals surface area contributed by atoms with Gasteiger partial charge in [-0.2, -0.15) is 0 Å². The van der Waals surface area contributed by atoms with Gasteiger partial charge in [-0.3, -0.25) is 4.90 Å². The van der Waals surface area contributed by atoms with Gasteiger partial charge in [-0.05, 0) is 45.6 Å². The van der Waals surface area contributed by atoms with Crippen molar-refractivity contribution in [3.05, 3.63) is 23.8 Å². The number of fused-ring (bicyclic) bond motifs is 1. The molecular weight excluding hydrogens is 262 g/mol. The minimum atomic E-state index is 0.695. The van der Waals surface area contributed by atoms with Gasteiger partial charge in [0, 0.05) is 24.7 Å². The molecule has 4 heteroatoms. The molecule has 1 aromatic rings. The van der Waals surface area contributed by atoms with Crippen LogP contribution < -0.4 is 10.1 Å². The predicted octanol–water partition coefficient (Wildman–Crippen LogP) is 2.41. The summed E-state index contributed by atoms with van der Waals surface area (Å²) in [6.07, 6.45) is 2.55. The van der Waals surface area contributed by atoms with E-state index in [-0.39, 0.29) is 0 Å². The first-order valence-corrected chi connectivity index (χ1v) is 8.19. The van der Waals surface area contributed by atoms with Crippen LogP contribution in [0.5, 0.6) is 5.75 Å². The van der Waals surface area contributed by atoms with Gasteiger partial charge in [0.15, 0.2) is 0 Å². The number of likely N-dealkylation sites (tertiary alicyclic amines) is 1. The number of benzene rings is 1. The van der Waals surface area contributed by atoms with Crippen molar-refractivity contribution < 1.29 is 4.74 Å². The van der Waals surface area contributed by atoms with Crippen molar-refractivity contribution in [3.63, 3.8) is 0 Å². The Morgan fingerprint density at radius 3 is 2.90 bits per heavy atom. The minimum Gasteiger partial charge on any atom is -0.489 e. The maximum atomic E-state index is 5.88. The number of hydrogen-bond donors (Lipinski definition) is 1. The van der Waals surface area contributed by atoms with E-state index in [1.807, 2.05) is 0 Å². The van der Waals surface area contributed by atoms with Crippen molar-refractivity contribution >= 4 is 5.69 Å². The highest BCUT2D eigenvalue weighted by Gasteiger charge is 2.23. The van der Waals surface area contributed by atoms with Gasteiger partial charge in [-0.1, -0.05) is 19.1 Å². The molecule has 0 aliphatic carbocycles. The fraction of sp³-hybridized carbons (Fsp3) is 0.647. The molecule has 0 spiro atoms. The highest BCUT2D eigenvalue weighted by atomic mass is 16.5. The maximum absolute atomic E-state index is 5.88. The molecule has 2 aliphatic rings. The minimum absolute atomic E-state index is 0.695. The van der Waals surface area contributed by atoms with Crippen molar-refractivity contribution in [1.29, 1.82) is 0 Å². The molecule has 1 saturated heterocycles. The van der Waals surface area contributed by atoms with Crippen LogP contribution in [0.2, 0.25) is 0 Å². The summed E-state index contributed by atoms with van der Waals surface area (Å²) in [5.41, 5.74) is 2.45. The van der Waals surface area contributed by atoms with Crippen molar-refractivity contribution in [2.45, 2.75) is 32.4 Å². The van der Waals surface area contributed by atoms with Gasteiger partial charge in [0.1, 0.15) is 12.4 Å². The first-order valence-electron chi connectivity index (χ1n) is 8.19. The fourth-order valence-corrected chi connectivity index (χ4v) is 3.43. The standard InChI is InChI=1S/C17H27N3O/c1-3-20-10-7-15(8-11-20)19(2)13-14-5-4-6-16-17(14)21-12-9-18-16/h4-6,15,18H,3,7-13H2,1-2H3. The van der Waals surface area contributed by atoms with Gasteiger partial charge in [-0.15, -0.1) is 0 Å². The zero-order chi connectivity index (χ0) is 14.7. The molecule has 2 aliphatic heterocycles. The Morgan fingerprint density at radius 1 is 1.33 bits per heavy atom. The number of piperidine rings is 1. The van der Waals surface area contributed by atoms with Gasteiger partial charge in [-0.25, -0.2) is 0 Å². The zero-order valence-corrected chi connectivity index (χ0v) is 13.3. The van der Waals surface area contributed by atoms with Crippen molar-refractivity contribution in [3.8, 4) is 5.75 Å². The third kappa shape index (κ3) is 3.33. The van der Waals surface area contributed by atoms with Gasteiger partial charge in [0.05, 0.1) is 5.69 Å². The lowest BCUT2D eigenvalue weighted by atomic mass is 10.0. The van der Waals surface area contributed by atoms with Crippen LogP contribution in [0, 0.1) is 0 Å². The number of hydrogen-bond acceptors (Lipinski definition) is 4. The summed E-state index contributed by atoms with van der Waals surface area (Å²) >= 11 is 0. The predicted molar refractivity (Wildman–Crippen MR) is 87.0 cm³/mol. The smallest absolute Gasteiger partial charge is 0.146 e. The van der Waals surface area contributed by atoms with Crippen molar-refractivity contribution in [2.24, 2.45) is 0 Å². The molecule has 2 heterocycles. The van der Waals surface area contributed by atoms with E-state index in [4.69, 9.17) is 4.74 Å². The van der Waals surface area contributed by atoms with E-state index in [0.29, 0.717) is 6.04 Å². The zero-order valence-electron chi connectivity index (χ0n) is 13.3. The highest BCUT2D eigenvalue weighted by molar-refractivity contribution is 5.61. The summed E-state index contributed by atoms with van der Waals surface area (Å²) in [4.78, 5) is 5.04. The van der Waals surface area contributed by atoms with Crippen LogP contribution in [0.15, 0.2) is 18.2 Å². The normalized spacial score (nSPS) is 20.0. The first kappa shape index (κ1) is 14.7. The number of anilines is 1. The molecule has 1 fully saturated rings. The summed E-state index contributed by atoms with van der Waals surface area (Å²) in [5.74, 6) is 1.06. The SMILES string of the molecule is CCN1CCC(N(C)Cc2cccc3c2OCCN3)CC1. The molecule has 0 aromatic heterocycles. The van der Waals surface area contributed by atoms with E-state index < -0.39 is 0 Å². The van der Waals surface area contributed by atoms with Crippen LogP contribution in [0.4, 0.5) is 5.69 Å². The summed E-state index contributed by atoms with van der Waals surface area (Å²) in [6, 6.07) is 7.13. The second-order valence-electron chi connectivity index (χ2n) is 6.15. The summed E-state index contributed by atoms with van der Waals surface area (Å²) in [5, 5.41) is 3.42. The van der Waals surface area contributed by atoms with Crippen LogP contribution in [-0.2, 0) is 6.54 Å². The van der Waals surface area contributed by atoms with Crippen LogP contribution >= 0.6 is 0 Å². The number of para-hydroxylation sites is 1. The molecule has 4 nitrogen and oxygen atoms in total. The Morgan fingerprint density at radius 2 is 2.14 bits per heavy atom. The average molecular weight is 289 g/mol. The lowest BCUT2D eigenvalue weighted by Crippen LogP contribution is -2.43. The largest absolute Gasteiger partial charge is 0.489 e. The van der Waals surface area contributed by atoms with Gasteiger partial charge >= 0.3 is 0 Å². The van der Waals surface area contributed by atoms with E-state index in [1.54, 1.807) is 0 Å². The molecule has 0 saturated carbocycles. The Kier molecular flexibility index (Phi) is 4.66. The second-order valence-corrected chi connectivity index (χ2v) is 6.15. The molecule has 3 rings (SSSR count). The van der Waals surface area contributed by atoms with Crippen LogP contribution in [0.3, 0.4) is 0 Å². The van der Waals surface area contributed by atoms with Gasteiger partial charge in [0.25, 0.3) is 0 Å². The molecule has 0 unspecified atom stereocenters. The first-order chi connectivity index (χ1) is 10.3. The number of ether oxygens (including phenoxy) is 1. The molecule has 0 amide bonds. The summed E-state index contributed by atoms with van der Waals surface area (Å²) < 4.78 is 5.88. The summed E-state index contributed by atoms with van der Waals surface area (Å²) in [7, 11) is 2.25. The Balaban J connectivity index is 1.64. The van der Waals surface area contributed by atoms with Crippen molar-refractivity contribution in [2.75, 3.05) is 45.2 Å². The van der Waals surface area contributed by atoms with Crippen LogP contribution in [0.25, 0.3) is 0 Å². The Bertz CT molecular complexity index is 469. The molecule has 1 aromatic carbocycles. The van der Waals surface area contributed by atoms with E-state index in [9.17, 15) is 0 Å². The van der Waals surface area contributed by atoms with E-state index in [0.717, 1.165) is 31.1 Å². The highest BCUT2D eigenvalue weighted by Crippen LogP contribution is 2.32. The average Bonchev–Trinajstić information content (AvgIpc) is 2.55. The monoisotopic (exact) mass is 289 g/mol. The van der Waals surface area contributed by atoms with E-state index >= 15 is 0 Å². The van der Waals surface area contributed by atoms with Crippen LogP contribution in [0.1, 0.15) is 25.3 Å². The maximum Gasteiger partial charge on any atom is 0.146 e. The lowest BCUT2D eigenvalue weighted by Gasteiger charge is -2.36. The number of nitrogens with one attached hydrogen (secondary N) is 1. The molecule has 21 heavy (non-hydrogen) atoms. The Labute approximate surface area is 128 Å². The quantitative estimate of drug-likeness (QED) is 0.921. The fourth-order valence-electron chi connectivity index (χ4n) is 3.43. The molecular formula is C17H27N3O. The van der Waals surface area contributed by atoms with E-state index in [2.05, 4.69) is 47.3 Å². The molecule has 0 atom stereocenters. The Hall–Kier alpha value is -1.26. The lowest BCUT2D eigenvalue weighted by molar-refractivity contribution is 0.126. The molecule has 1 N–H and O–H groups in total. The van der Waals surface area contributed by atoms with Gasteiger partial charge in [0.2, 0.25) is 0 Å². The molecule has 0 radical (unpaired) electrons. The van der Waals surface area contributed by atoms with Gasteiger partial charge < -0.3 is 15.0 Å². The molecule has 0 bridgehead atoms. The third-order valence-corrected chi connectivity index (χ3v) is 4.81. The number of rotatable bonds is 4. The van der Waals surface area contributed by atoms with E-state index in [1.165, 1.54) is 38.0 Å². The third-order valence-electron chi connectivity index (χ3n) is 4.81. The topological polar surface area (TPSA) is 27.7 Å². The van der Waals surface area contributed by atoms with Crippen LogP contribution in [-0.4, -0.2) is 55.7 Å². The molecule has 116 valence electrons. The summed E-state index contributed by atoms with van der Waals surface area (Å²) in [6.45, 7) is 8.55.